The Kier molecular flexibility index (Phi) is 4.71. The van der Waals surface area contributed by atoms with E-state index in [2.05, 4.69) is 0 Å². The number of hydrogen-bond donors (Lipinski definition) is 0. The molecule has 2 aliphatic carbocycles. The summed E-state index contributed by atoms with van der Waals surface area (Å²) < 4.78 is 30.4. The number of fused-ring (bicyclic) bond motifs is 1. The van der Waals surface area contributed by atoms with Crippen LogP contribution in [0.25, 0.3) is 0 Å². The molecule has 7 rings (SSSR count). The van der Waals surface area contributed by atoms with Crippen molar-refractivity contribution < 1.29 is 42.9 Å². The summed E-state index contributed by atoms with van der Waals surface area (Å²) in [4.78, 5) is 52.6. The number of epoxide rings is 1. The van der Waals surface area contributed by atoms with Crippen LogP contribution in [0.2, 0.25) is 5.02 Å². The van der Waals surface area contributed by atoms with Gasteiger partial charge in [-0.05, 0) is 71.9 Å². The largest absolute Gasteiger partial charge is 0.454 e. The fraction of sp³-hybridized carbons (Fsp3) is 0.400. The first kappa shape index (κ1) is 25.4. The van der Waals surface area contributed by atoms with E-state index in [1.807, 2.05) is 0 Å². The van der Waals surface area contributed by atoms with Crippen molar-refractivity contribution in [2.24, 2.45) is 10.8 Å². The number of Topliss-reactive ketones (excluding diaryl/α,β-unsaturated/α-hetero) is 1. The van der Waals surface area contributed by atoms with Gasteiger partial charge < -0.3 is 23.7 Å². The Morgan fingerprint density at radius 1 is 0.950 bits per heavy atom. The number of carbonyl (C=O) groups excluding carboxylic acids is 4. The Bertz CT molecular complexity index is 1660. The molecular formula is C30H25ClO9. The van der Waals surface area contributed by atoms with E-state index >= 15 is 0 Å². The van der Waals surface area contributed by atoms with Crippen LogP contribution in [-0.2, 0) is 30.5 Å². The molecule has 0 unspecified atom stereocenters. The van der Waals surface area contributed by atoms with E-state index in [-0.39, 0.29) is 27.6 Å². The number of esters is 2. The predicted octanol–water partition coefficient (Wildman–Crippen LogP) is 4.78. The van der Waals surface area contributed by atoms with Gasteiger partial charge in [-0.3, -0.25) is 19.2 Å². The van der Waals surface area contributed by atoms with Gasteiger partial charge in [0.2, 0.25) is 0 Å². The minimum Gasteiger partial charge on any atom is -0.454 e. The Morgan fingerprint density at radius 3 is 2.30 bits per heavy atom. The highest BCUT2D eigenvalue weighted by Crippen LogP contribution is 2.68. The van der Waals surface area contributed by atoms with Gasteiger partial charge in [-0.15, -0.1) is 0 Å². The standard InChI is InChI=1S/C30H25ClO9/c1-27(2,3)25(34)36-15-7-8-16-20-17(15)14(32)9-10-29(20)12-11-13(31)22(38-26(35)28(4,5)6)18-19(12)30(39-16,40-29)24-23(37-24)21(18)33/h7-11,23-24H,1-6H3/t23-,24-,29+,30+/m0/s1. The van der Waals surface area contributed by atoms with Crippen LogP contribution in [0.15, 0.2) is 30.4 Å². The molecule has 0 saturated carbocycles. The Labute approximate surface area is 234 Å². The second-order valence-corrected chi connectivity index (χ2v) is 13.1. The molecule has 2 aromatic rings. The van der Waals surface area contributed by atoms with Crippen LogP contribution in [-0.4, -0.2) is 35.7 Å². The Morgan fingerprint density at radius 2 is 1.62 bits per heavy atom. The normalized spacial score (nSPS) is 28.3. The SMILES string of the molecule is CC(C)(C)C(=O)Oc1ccc2c3c1C(=O)C=C[C@]31O[C@]3(O2)c2c1cc(Cl)c(OC(=O)C(C)(C)C)c2C(=O)[C@@H]1O[C@@H]13. The number of halogens is 1. The summed E-state index contributed by atoms with van der Waals surface area (Å²) in [5.74, 6) is -3.18. The van der Waals surface area contributed by atoms with Crippen LogP contribution in [0.5, 0.6) is 17.2 Å². The van der Waals surface area contributed by atoms with Crippen molar-refractivity contribution in [3.63, 3.8) is 0 Å². The van der Waals surface area contributed by atoms with Crippen molar-refractivity contribution >= 4 is 35.1 Å². The number of rotatable bonds is 2. The third kappa shape index (κ3) is 3.05. The zero-order valence-corrected chi connectivity index (χ0v) is 23.3. The second kappa shape index (κ2) is 7.40. The van der Waals surface area contributed by atoms with E-state index in [1.54, 1.807) is 59.8 Å². The fourth-order valence-electron chi connectivity index (χ4n) is 5.72. The summed E-state index contributed by atoms with van der Waals surface area (Å²) in [6.45, 7) is 10.2. The molecule has 206 valence electrons. The van der Waals surface area contributed by atoms with Gasteiger partial charge in [0.15, 0.2) is 29.5 Å². The average Bonchev–Trinajstić information content (AvgIpc) is 3.64. The van der Waals surface area contributed by atoms with Crippen LogP contribution in [0.4, 0.5) is 0 Å². The van der Waals surface area contributed by atoms with Gasteiger partial charge in [0, 0.05) is 16.7 Å². The molecule has 40 heavy (non-hydrogen) atoms. The highest BCUT2D eigenvalue weighted by Gasteiger charge is 2.76. The summed E-state index contributed by atoms with van der Waals surface area (Å²) in [5.41, 5.74) is -1.82. The fourth-order valence-corrected chi connectivity index (χ4v) is 5.96. The van der Waals surface area contributed by atoms with Crippen molar-refractivity contribution in [3.8, 4) is 17.2 Å². The molecule has 9 nitrogen and oxygen atoms in total. The lowest BCUT2D eigenvalue weighted by atomic mass is 9.76. The van der Waals surface area contributed by atoms with E-state index in [0.717, 1.165) is 0 Å². The molecular weight excluding hydrogens is 540 g/mol. The quantitative estimate of drug-likeness (QED) is 0.288. The van der Waals surface area contributed by atoms with E-state index in [1.165, 1.54) is 12.1 Å². The first-order chi connectivity index (χ1) is 18.6. The highest BCUT2D eigenvalue weighted by molar-refractivity contribution is 6.33. The lowest BCUT2D eigenvalue weighted by molar-refractivity contribution is -0.245. The monoisotopic (exact) mass is 564 g/mol. The average molecular weight is 565 g/mol. The molecule has 3 heterocycles. The number of allylic oxidation sites excluding steroid dienone is 1. The molecule has 10 heteroatoms. The van der Waals surface area contributed by atoms with Crippen molar-refractivity contribution in [2.45, 2.75) is 65.1 Å². The summed E-state index contributed by atoms with van der Waals surface area (Å²) in [6, 6.07) is 4.69. The number of ketones is 2. The summed E-state index contributed by atoms with van der Waals surface area (Å²) >= 11 is 6.73. The molecule has 3 aliphatic heterocycles. The zero-order chi connectivity index (χ0) is 28.7. The van der Waals surface area contributed by atoms with Crippen molar-refractivity contribution in [2.75, 3.05) is 0 Å². The molecule has 0 amide bonds. The van der Waals surface area contributed by atoms with Gasteiger partial charge in [0.25, 0.3) is 5.79 Å². The maximum absolute atomic E-state index is 13.6. The molecule has 4 atom stereocenters. The number of benzene rings is 2. The lowest BCUT2D eigenvalue weighted by Crippen LogP contribution is -2.50. The summed E-state index contributed by atoms with van der Waals surface area (Å²) in [5, 5.41) is 0.0168. The summed E-state index contributed by atoms with van der Waals surface area (Å²) in [6.07, 6.45) is 1.29. The smallest absolute Gasteiger partial charge is 0.316 e. The molecule has 1 fully saturated rings. The van der Waals surface area contributed by atoms with Crippen LogP contribution in [0.3, 0.4) is 0 Å². The second-order valence-electron chi connectivity index (χ2n) is 12.7. The number of carbonyl (C=O) groups is 4. The first-order valence-corrected chi connectivity index (χ1v) is 13.3. The van der Waals surface area contributed by atoms with Gasteiger partial charge >= 0.3 is 11.9 Å². The van der Waals surface area contributed by atoms with Gasteiger partial charge in [-0.2, -0.15) is 0 Å². The van der Waals surface area contributed by atoms with Crippen molar-refractivity contribution in [3.05, 3.63) is 63.2 Å². The molecule has 1 saturated heterocycles. The highest BCUT2D eigenvalue weighted by atomic mass is 35.5. The van der Waals surface area contributed by atoms with Crippen LogP contribution in [0, 0.1) is 10.8 Å². The van der Waals surface area contributed by atoms with Crippen LogP contribution >= 0.6 is 11.6 Å². The van der Waals surface area contributed by atoms with Crippen molar-refractivity contribution in [1.29, 1.82) is 0 Å². The summed E-state index contributed by atoms with van der Waals surface area (Å²) in [7, 11) is 0. The van der Waals surface area contributed by atoms with Crippen LogP contribution < -0.4 is 14.2 Å². The minimum atomic E-state index is -1.56. The first-order valence-electron chi connectivity index (χ1n) is 12.9. The number of ether oxygens (including phenoxy) is 5. The van der Waals surface area contributed by atoms with E-state index in [0.29, 0.717) is 22.4 Å². The molecule has 2 aromatic carbocycles. The van der Waals surface area contributed by atoms with Crippen molar-refractivity contribution in [1.82, 2.24) is 0 Å². The lowest BCUT2D eigenvalue weighted by Gasteiger charge is -2.42. The van der Waals surface area contributed by atoms with Gasteiger partial charge in [0.1, 0.15) is 17.1 Å². The number of hydrogen-bond acceptors (Lipinski definition) is 9. The zero-order valence-electron chi connectivity index (χ0n) is 22.6. The molecule has 2 bridgehead atoms. The van der Waals surface area contributed by atoms with E-state index < -0.39 is 57.9 Å². The maximum Gasteiger partial charge on any atom is 0.316 e. The third-order valence-electron chi connectivity index (χ3n) is 7.77. The van der Waals surface area contributed by atoms with Gasteiger partial charge in [-0.25, -0.2) is 0 Å². The van der Waals surface area contributed by atoms with Crippen LogP contribution in [0.1, 0.15) is 78.9 Å². The Balaban J connectivity index is 1.49. The van der Waals surface area contributed by atoms with E-state index in [9.17, 15) is 19.2 Å². The van der Waals surface area contributed by atoms with E-state index in [4.69, 9.17) is 35.3 Å². The van der Waals surface area contributed by atoms with Gasteiger partial charge in [0.05, 0.1) is 27.0 Å². The topological polar surface area (TPSA) is 118 Å². The third-order valence-corrected chi connectivity index (χ3v) is 8.05. The predicted molar refractivity (Wildman–Crippen MR) is 139 cm³/mol. The van der Waals surface area contributed by atoms with Gasteiger partial charge in [-0.1, -0.05) is 11.6 Å². The molecule has 0 N–H and O–H groups in total. The molecule has 0 aromatic heterocycles. The maximum atomic E-state index is 13.6. The molecule has 0 radical (unpaired) electrons. The molecule has 5 aliphatic rings. The Hall–Kier alpha value is -3.53. The minimum absolute atomic E-state index is 0.0168. The molecule has 2 spiro atoms.